The van der Waals surface area contributed by atoms with Crippen LogP contribution in [-0.4, -0.2) is 13.2 Å². The smallest absolute Gasteiger partial charge is 0.0724 e. The molecule has 0 bridgehead atoms. The van der Waals surface area contributed by atoms with E-state index in [0.29, 0.717) is 11.3 Å². The fourth-order valence-corrected chi connectivity index (χ4v) is 2.43. The van der Waals surface area contributed by atoms with Crippen molar-refractivity contribution in [2.45, 2.75) is 47.1 Å². The van der Waals surface area contributed by atoms with Crippen molar-refractivity contribution in [1.82, 2.24) is 0 Å². The molecule has 16 heavy (non-hydrogen) atoms. The zero-order valence-electron chi connectivity index (χ0n) is 11.6. The van der Waals surface area contributed by atoms with E-state index in [1.54, 1.807) is 7.11 Å². The van der Waals surface area contributed by atoms with Gasteiger partial charge in [-0.15, -0.1) is 0 Å². The first-order valence-electron chi connectivity index (χ1n) is 6.27. The molecule has 0 spiro atoms. The Kier molecular flexibility index (Phi) is 4.37. The molecule has 92 valence electrons. The van der Waals surface area contributed by atoms with Crippen molar-refractivity contribution >= 4 is 0 Å². The van der Waals surface area contributed by atoms with Crippen molar-refractivity contribution < 1.29 is 4.74 Å². The molecule has 0 amide bonds. The molecule has 0 aliphatic heterocycles. The number of hydrogen-bond acceptors (Lipinski definition) is 1. The van der Waals surface area contributed by atoms with E-state index in [4.69, 9.17) is 4.74 Å². The van der Waals surface area contributed by atoms with Crippen molar-refractivity contribution in [3.05, 3.63) is 23.8 Å². The van der Waals surface area contributed by atoms with Gasteiger partial charge in [0.2, 0.25) is 0 Å². The van der Waals surface area contributed by atoms with Gasteiger partial charge in [-0.3, -0.25) is 0 Å². The molecule has 1 aliphatic carbocycles. The van der Waals surface area contributed by atoms with Crippen LogP contribution in [0.3, 0.4) is 0 Å². The summed E-state index contributed by atoms with van der Waals surface area (Å²) in [5, 5.41) is 0. The first kappa shape index (κ1) is 13.5. The van der Waals surface area contributed by atoms with Crippen LogP contribution in [-0.2, 0) is 4.74 Å². The van der Waals surface area contributed by atoms with E-state index in [1.807, 2.05) is 0 Å². The van der Waals surface area contributed by atoms with Crippen molar-refractivity contribution in [2.75, 3.05) is 7.11 Å². The van der Waals surface area contributed by atoms with Gasteiger partial charge in [-0.1, -0.05) is 44.6 Å². The van der Waals surface area contributed by atoms with Crippen LogP contribution < -0.4 is 0 Å². The van der Waals surface area contributed by atoms with E-state index in [-0.39, 0.29) is 6.10 Å². The molecule has 0 heterocycles. The van der Waals surface area contributed by atoms with Crippen LogP contribution in [0.15, 0.2) is 23.8 Å². The quantitative estimate of drug-likeness (QED) is 0.650. The second-order valence-electron chi connectivity index (χ2n) is 5.71. The fourth-order valence-electron chi connectivity index (χ4n) is 2.43. The third-order valence-electron chi connectivity index (χ3n) is 4.30. The van der Waals surface area contributed by atoms with Crippen molar-refractivity contribution in [1.29, 1.82) is 0 Å². The molecule has 1 nitrogen and oxygen atoms in total. The average Bonchev–Trinajstić information content (AvgIpc) is 2.23. The molecule has 0 aromatic carbocycles. The standard InChI is InChI=1S/C15H26O/c1-11-7-8-12(2)15(4,5)14(11)10-9-13(3)16-6/h7,9-10,12-14H,8H2,1-6H3. The fraction of sp³-hybridized carbons (Fsp3) is 0.733. The molecule has 0 aromatic rings. The molecule has 0 saturated carbocycles. The van der Waals surface area contributed by atoms with Gasteiger partial charge in [0, 0.05) is 13.0 Å². The van der Waals surface area contributed by atoms with Gasteiger partial charge in [0.05, 0.1) is 6.10 Å². The minimum absolute atomic E-state index is 0.209. The molecule has 0 fully saturated rings. The Morgan fingerprint density at radius 3 is 2.69 bits per heavy atom. The van der Waals surface area contributed by atoms with Crippen LogP contribution in [0.1, 0.15) is 41.0 Å². The number of allylic oxidation sites excluding steroid dienone is 3. The van der Waals surface area contributed by atoms with E-state index in [2.05, 4.69) is 52.8 Å². The Morgan fingerprint density at radius 2 is 2.12 bits per heavy atom. The van der Waals surface area contributed by atoms with Gasteiger partial charge in [0.1, 0.15) is 0 Å². The van der Waals surface area contributed by atoms with Gasteiger partial charge in [-0.2, -0.15) is 0 Å². The van der Waals surface area contributed by atoms with Gasteiger partial charge in [0.15, 0.2) is 0 Å². The third kappa shape index (κ3) is 2.76. The van der Waals surface area contributed by atoms with E-state index in [9.17, 15) is 0 Å². The topological polar surface area (TPSA) is 9.23 Å². The van der Waals surface area contributed by atoms with Gasteiger partial charge in [0.25, 0.3) is 0 Å². The lowest BCUT2D eigenvalue weighted by molar-refractivity contribution is 0.149. The van der Waals surface area contributed by atoms with Crippen molar-refractivity contribution in [3.63, 3.8) is 0 Å². The molecule has 1 rings (SSSR count). The Hall–Kier alpha value is -0.560. The highest BCUT2D eigenvalue weighted by atomic mass is 16.5. The molecule has 3 unspecified atom stereocenters. The van der Waals surface area contributed by atoms with E-state index >= 15 is 0 Å². The summed E-state index contributed by atoms with van der Waals surface area (Å²) in [4.78, 5) is 0. The SMILES string of the molecule is COC(C)C=CC1C(C)=CCC(C)C1(C)C. The van der Waals surface area contributed by atoms with Crippen LogP contribution >= 0.6 is 0 Å². The Labute approximate surface area is 101 Å². The molecular weight excluding hydrogens is 196 g/mol. The number of methoxy groups -OCH3 is 1. The number of hydrogen-bond donors (Lipinski definition) is 0. The van der Waals surface area contributed by atoms with E-state index < -0.39 is 0 Å². The highest BCUT2D eigenvalue weighted by molar-refractivity contribution is 5.20. The van der Waals surface area contributed by atoms with Crippen molar-refractivity contribution in [3.8, 4) is 0 Å². The summed E-state index contributed by atoms with van der Waals surface area (Å²) < 4.78 is 5.27. The minimum atomic E-state index is 0.209. The first-order chi connectivity index (χ1) is 7.39. The van der Waals surface area contributed by atoms with Gasteiger partial charge < -0.3 is 4.74 Å². The minimum Gasteiger partial charge on any atom is -0.378 e. The summed E-state index contributed by atoms with van der Waals surface area (Å²) in [7, 11) is 1.76. The second-order valence-corrected chi connectivity index (χ2v) is 5.71. The summed E-state index contributed by atoms with van der Waals surface area (Å²) in [6.45, 7) is 11.4. The van der Waals surface area contributed by atoms with E-state index in [0.717, 1.165) is 5.92 Å². The summed E-state index contributed by atoms with van der Waals surface area (Å²) >= 11 is 0. The largest absolute Gasteiger partial charge is 0.378 e. The molecule has 0 radical (unpaired) electrons. The monoisotopic (exact) mass is 222 g/mol. The molecule has 1 heteroatoms. The Morgan fingerprint density at radius 1 is 1.50 bits per heavy atom. The van der Waals surface area contributed by atoms with Gasteiger partial charge >= 0.3 is 0 Å². The second kappa shape index (κ2) is 5.18. The molecular formula is C15H26O. The summed E-state index contributed by atoms with van der Waals surface area (Å²) in [5.74, 6) is 1.29. The Bertz CT molecular complexity index is 286. The highest BCUT2D eigenvalue weighted by Gasteiger charge is 2.36. The lowest BCUT2D eigenvalue weighted by Gasteiger charge is -2.42. The zero-order chi connectivity index (χ0) is 12.3. The summed E-state index contributed by atoms with van der Waals surface area (Å²) in [6, 6.07) is 0. The zero-order valence-corrected chi connectivity index (χ0v) is 11.6. The molecule has 0 aromatic heterocycles. The normalized spacial score (nSPS) is 31.5. The van der Waals surface area contributed by atoms with Crippen LogP contribution in [0.2, 0.25) is 0 Å². The van der Waals surface area contributed by atoms with Gasteiger partial charge in [-0.05, 0) is 31.6 Å². The molecule has 0 N–H and O–H groups in total. The molecule has 1 aliphatic rings. The predicted octanol–water partition coefficient (Wildman–Crippen LogP) is 4.21. The van der Waals surface area contributed by atoms with Crippen LogP contribution in [0.4, 0.5) is 0 Å². The number of ether oxygens (including phenoxy) is 1. The molecule has 0 saturated heterocycles. The summed E-state index contributed by atoms with van der Waals surface area (Å²) in [6.07, 6.45) is 8.32. The maximum atomic E-state index is 5.27. The van der Waals surface area contributed by atoms with Gasteiger partial charge in [-0.25, -0.2) is 0 Å². The number of rotatable bonds is 3. The lowest BCUT2D eigenvalue weighted by atomic mass is 9.63. The Balaban J connectivity index is 2.87. The van der Waals surface area contributed by atoms with Crippen LogP contribution in [0.5, 0.6) is 0 Å². The third-order valence-corrected chi connectivity index (χ3v) is 4.30. The van der Waals surface area contributed by atoms with Crippen molar-refractivity contribution in [2.24, 2.45) is 17.3 Å². The maximum absolute atomic E-state index is 5.27. The summed E-state index contributed by atoms with van der Waals surface area (Å²) in [5.41, 5.74) is 1.85. The maximum Gasteiger partial charge on any atom is 0.0724 e. The first-order valence-corrected chi connectivity index (χ1v) is 6.27. The van der Waals surface area contributed by atoms with Crippen LogP contribution in [0, 0.1) is 17.3 Å². The predicted molar refractivity (Wildman–Crippen MR) is 70.4 cm³/mol. The average molecular weight is 222 g/mol. The lowest BCUT2D eigenvalue weighted by Crippen LogP contribution is -2.33. The molecule has 3 atom stereocenters. The highest BCUT2D eigenvalue weighted by Crippen LogP contribution is 2.45. The van der Waals surface area contributed by atoms with E-state index in [1.165, 1.54) is 12.0 Å². The van der Waals surface area contributed by atoms with Crippen LogP contribution in [0.25, 0.3) is 0 Å².